The predicted octanol–water partition coefficient (Wildman–Crippen LogP) is 2.03. The largest absolute Gasteiger partial charge is 0.477 e. The van der Waals surface area contributed by atoms with Crippen LogP contribution in [0.4, 0.5) is 11.4 Å². The molecule has 1 aliphatic rings. The van der Waals surface area contributed by atoms with Crippen molar-refractivity contribution in [1.29, 1.82) is 0 Å². The van der Waals surface area contributed by atoms with Crippen LogP contribution in [0.15, 0.2) is 18.2 Å². The van der Waals surface area contributed by atoms with E-state index in [9.17, 15) is 20.0 Å². The minimum absolute atomic E-state index is 0.0145. The summed E-state index contributed by atoms with van der Waals surface area (Å²) in [4.78, 5) is 23.3. The van der Waals surface area contributed by atoms with E-state index in [1.54, 1.807) is 6.07 Å². The molecule has 21 heavy (non-hydrogen) atoms. The molecule has 0 radical (unpaired) electrons. The highest BCUT2D eigenvalue weighted by molar-refractivity contribution is 5.93. The first kappa shape index (κ1) is 15.2. The maximum absolute atomic E-state index is 11.2. The number of hydrogen-bond acceptors (Lipinski definition) is 5. The Morgan fingerprint density at radius 1 is 1.38 bits per heavy atom. The van der Waals surface area contributed by atoms with Crippen molar-refractivity contribution in [3.8, 4) is 0 Å². The zero-order valence-corrected chi connectivity index (χ0v) is 11.6. The van der Waals surface area contributed by atoms with Crippen molar-refractivity contribution < 1.29 is 19.9 Å². The van der Waals surface area contributed by atoms with E-state index < -0.39 is 16.6 Å². The lowest BCUT2D eigenvalue weighted by Crippen LogP contribution is -2.37. The number of nitro benzene ring substituents is 1. The van der Waals surface area contributed by atoms with E-state index in [2.05, 4.69) is 0 Å². The Morgan fingerprint density at radius 2 is 2.14 bits per heavy atom. The molecule has 1 atom stereocenters. The number of nitro groups is 1. The number of benzene rings is 1. The second-order valence-electron chi connectivity index (χ2n) is 5.14. The van der Waals surface area contributed by atoms with E-state index in [4.69, 9.17) is 5.11 Å². The van der Waals surface area contributed by atoms with Crippen molar-refractivity contribution in [1.82, 2.24) is 0 Å². The molecular weight excluding hydrogens is 276 g/mol. The van der Waals surface area contributed by atoms with Crippen LogP contribution in [0, 0.1) is 10.1 Å². The van der Waals surface area contributed by atoms with E-state index >= 15 is 0 Å². The van der Waals surface area contributed by atoms with Gasteiger partial charge in [-0.2, -0.15) is 0 Å². The summed E-state index contributed by atoms with van der Waals surface area (Å²) >= 11 is 0. The molecule has 2 rings (SSSR count). The molecule has 0 amide bonds. The first-order valence-corrected chi connectivity index (χ1v) is 6.94. The van der Waals surface area contributed by atoms with Crippen molar-refractivity contribution in [2.45, 2.75) is 31.7 Å². The highest BCUT2D eigenvalue weighted by Crippen LogP contribution is 2.29. The summed E-state index contributed by atoms with van der Waals surface area (Å²) in [6.07, 6.45) is 3.86. The molecule has 0 spiro atoms. The maximum Gasteiger partial charge on any atom is 0.342 e. The second kappa shape index (κ2) is 6.53. The third-order valence-electron chi connectivity index (χ3n) is 3.83. The number of carboxylic acids is 1. The Balaban J connectivity index is 2.40. The summed E-state index contributed by atoms with van der Waals surface area (Å²) in [6, 6.07) is 4.03. The molecule has 114 valence electrons. The number of anilines is 1. The molecule has 0 saturated carbocycles. The number of rotatable bonds is 4. The van der Waals surface area contributed by atoms with Crippen LogP contribution in [0.25, 0.3) is 0 Å². The quantitative estimate of drug-likeness (QED) is 0.650. The normalized spacial score (nSPS) is 19.1. The lowest BCUT2D eigenvalue weighted by atomic mass is 10.1. The molecule has 2 N–H and O–H groups in total. The molecule has 0 bridgehead atoms. The van der Waals surface area contributed by atoms with Crippen LogP contribution in [0.3, 0.4) is 0 Å². The van der Waals surface area contributed by atoms with E-state index in [0.29, 0.717) is 12.2 Å². The summed E-state index contributed by atoms with van der Waals surface area (Å²) in [5.74, 6) is -1.32. The van der Waals surface area contributed by atoms with Crippen LogP contribution in [-0.2, 0) is 0 Å². The standard InChI is InChI=1S/C14H18N2O5/c17-9-11-4-2-1-3-7-15(11)10-5-6-13(16(20)21)12(8-10)14(18)19/h5-6,8,11,17H,1-4,7,9H2,(H,18,19). The number of aromatic carboxylic acids is 1. The molecule has 7 nitrogen and oxygen atoms in total. The van der Waals surface area contributed by atoms with Gasteiger partial charge in [-0.15, -0.1) is 0 Å². The topological polar surface area (TPSA) is 104 Å². The highest BCUT2D eigenvalue weighted by Gasteiger charge is 2.25. The molecular formula is C14H18N2O5. The van der Waals surface area contributed by atoms with Gasteiger partial charge in [0, 0.05) is 18.3 Å². The predicted molar refractivity (Wildman–Crippen MR) is 76.7 cm³/mol. The van der Waals surface area contributed by atoms with Crippen LogP contribution >= 0.6 is 0 Å². The average molecular weight is 294 g/mol. The summed E-state index contributed by atoms with van der Waals surface area (Å²) in [5, 5.41) is 29.5. The Bertz CT molecular complexity index is 546. The van der Waals surface area contributed by atoms with Gasteiger partial charge in [0.25, 0.3) is 5.69 Å². The van der Waals surface area contributed by atoms with Crippen molar-refractivity contribution in [3.05, 3.63) is 33.9 Å². The van der Waals surface area contributed by atoms with Gasteiger partial charge in [0.05, 0.1) is 17.6 Å². The molecule has 7 heteroatoms. The van der Waals surface area contributed by atoms with Crippen LogP contribution < -0.4 is 4.90 Å². The molecule has 1 unspecified atom stereocenters. The van der Waals surface area contributed by atoms with Gasteiger partial charge in [0.2, 0.25) is 0 Å². The molecule has 0 aromatic heterocycles. The third-order valence-corrected chi connectivity index (χ3v) is 3.83. The highest BCUT2D eigenvalue weighted by atomic mass is 16.6. The maximum atomic E-state index is 11.2. The Morgan fingerprint density at radius 3 is 2.76 bits per heavy atom. The molecule has 1 aromatic rings. The van der Waals surface area contributed by atoms with Gasteiger partial charge in [-0.05, 0) is 25.0 Å². The van der Waals surface area contributed by atoms with Gasteiger partial charge < -0.3 is 15.1 Å². The number of aliphatic hydroxyl groups is 1. The fourth-order valence-corrected chi connectivity index (χ4v) is 2.74. The summed E-state index contributed by atoms with van der Waals surface area (Å²) in [6.45, 7) is 0.696. The van der Waals surface area contributed by atoms with Crippen molar-refractivity contribution in [2.75, 3.05) is 18.1 Å². The number of hydrogen-bond donors (Lipinski definition) is 2. The Labute approximate surface area is 122 Å². The molecule has 1 heterocycles. The van der Waals surface area contributed by atoms with Crippen molar-refractivity contribution in [2.24, 2.45) is 0 Å². The van der Waals surface area contributed by atoms with Gasteiger partial charge in [-0.1, -0.05) is 12.8 Å². The Kier molecular flexibility index (Phi) is 4.74. The molecule has 1 saturated heterocycles. The Hall–Kier alpha value is -2.15. The number of carbonyl (C=O) groups is 1. The minimum atomic E-state index is -1.32. The van der Waals surface area contributed by atoms with Crippen LogP contribution in [0.1, 0.15) is 36.0 Å². The SMILES string of the molecule is O=C(O)c1cc(N2CCCCCC2CO)ccc1[N+](=O)[O-]. The third kappa shape index (κ3) is 3.30. The molecule has 0 aliphatic carbocycles. The monoisotopic (exact) mass is 294 g/mol. The fourth-order valence-electron chi connectivity index (χ4n) is 2.74. The van der Waals surface area contributed by atoms with Gasteiger partial charge in [0.1, 0.15) is 5.56 Å². The number of carboxylic acid groups (broad SMARTS) is 1. The van der Waals surface area contributed by atoms with Gasteiger partial charge in [0.15, 0.2) is 0 Å². The summed E-state index contributed by atoms with van der Waals surface area (Å²) < 4.78 is 0. The number of aliphatic hydroxyl groups excluding tert-OH is 1. The molecule has 1 aliphatic heterocycles. The zero-order valence-electron chi connectivity index (χ0n) is 11.6. The molecule has 1 fully saturated rings. The average Bonchev–Trinajstić information content (AvgIpc) is 2.71. The van der Waals surface area contributed by atoms with E-state index in [0.717, 1.165) is 25.7 Å². The van der Waals surface area contributed by atoms with Crippen LogP contribution in [0.2, 0.25) is 0 Å². The van der Waals surface area contributed by atoms with Crippen molar-refractivity contribution >= 4 is 17.3 Å². The van der Waals surface area contributed by atoms with Crippen molar-refractivity contribution in [3.63, 3.8) is 0 Å². The first-order valence-electron chi connectivity index (χ1n) is 6.94. The minimum Gasteiger partial charge on any atom is -0.477 e. The van der Waals surface area contributed by atoms with Gasteiger partial charge in [-0.25, -0.2) is 4.79 Å². The van der Waals surface area contributed by atoms with E-state index in [-0.39, 0.29) is 18.2 Å². The van der Waals surface area contributed by atoms with E-state index in [1.807, 2.05) is 4.90 Å². The van der Waals surface area contributed by atoms with Crippen LogP contribution in [-0.4, -0.2) is 40.3 Å². The molecule has 1 aromatic carbocycles. The summed E-state index contributed by atoms with van der Waals surface area (Å²) in [7, 11) is 0. The van der Waals surface area contributed by atoms with Crippen LogP contribution in [0.5, 0.6) is 0 Å². The van der Waals surface area contributed by atoms with Gasteiger partial charge in [-0.3, -0.25) is 10.1 Å². The number of nitrogens with zero attached hydrogens (tertiary/aromatic N) is 2. The lowest BCUT2D eigenvalue weighted by molar-refractivity contribution is -0.385. The van der Waals surface area contributed by atoms with Gasteiger partial charge >= 0.3 is 5.97 Å². The zero-order chi connectivity index (χ0) is 15.4. The lowest BCUT2D eigenvalue weighted by Gasteiger charge is -2.31. The van der Waals surface area contributed by atoms with E-state index in [1.165, 1.54) is 12.1 Å². The second-order valence-corrected chi connectivity index (χ2v) is 5.14. The smallest absolute Gasteiger partial charge is 0.342 e. The fraction of sp³-hybridized carbons (Fsp3) is 0.500. The first-order chi connectivity index (χ1) is 10.0. The summed E-state index contributed by atoms with van der Waals surface area (Å²) in [5.41, 5.74) is -0.126.